The number of aliphatic hydroxyl groups excluding tert-OH is 1. The Hall–Kier alpha value is -2.89. The summed E-state index contributed by atoms with van der Waals surface area (Å²) in [6.07, 6.45) is 6.65. The van der Waals surface area contributed by atoms with Crippen LogP contribution in [-0.2, 0) is 17.8 Å². The van der Waals surface area contributed by atoms with Gasteiger partial charge in [0, 0.05) is 18.1 Å². The highest BCUT2D eigenvalue weighted by molar-refractivity contribution is 5.90. The lowest BCUT2D eigenvalue weighted by atomic mass is 9.90. The zero-order valence-corrected chi connectivity index (χ0v) is 18.6. The second-order valence-electron chi connectivity index (χ2n) is 9.16. The monoisotopic (exact) mass is 418 g/mol. The molecular formula is C26H30N2O3. The molecule has 4 rings (SSSR count). The first-order valence-corrected chi connectivity index (χ1v) is 10.7. The highest BCUT2D eigenvalue weighted by Crippen LogP contribution is 2.28. The smallest absolute Gasteiger partial charge is 0.418 e. The summed E-state index contributed by atoms with van der Waals surface area (Å²) in [5.41, 5.74) is 6.06. The van der Waals surface area contributed by atoms with Gasteiger partial charge in [0.1, 0.15) is 5.60 Å². The summed E-state index contributed by atoms with van der Waals surface area (Å²) < 4.78 is 7.04. The molecule has 1 aromatic heterocycles. The fourth-order valence-electron chi connectivity index (χ4n) is 4.09. The number of aromatic nitrogens is 1. The van der Waals surface area contributed by atoms with Crippen molar-refractivity contribution in [2.24, 2.45) is 0 Å². The maximum atomic E-state index is 12.4. The molecule has 0 fully saturated rings. The molecule has 0 saturated carbocycles. The number of hydrogen-bond donors (Lipinski definition) is 2. The third-order valence-electron chi connectivity index (χ3n) is 5.65. The molecule has 1 aliphatic heterocycles. The van der Waals surface area contributed by atoms with Gasteiger partial charge < -0.3 is 15.2 Å². The number of fused-ring (bicyclic) bond motifs is 2. The zero-order chi connectivity index (χ0) is 22.2. The maximum Gasteiger partial charge on any atom is 0.418 e. The van der Waals surface area contributed by atoms with Gasteiger partial charge >= 0.3 is 6.09 Å². The number of benzene rings is 2. The first kappa shape index (κ1) is 21.3. The summed E-state index contributed by atoms with van der Waals surface area (Å²) in [7, 11) is 0. The number of nitrogens with zero attached hydrogens (tertiary/aromatic N) is 1. The molecule has 1 unspecified atom stereocenters. The van der Waals surface area contributed by atoms with Crippen LogP contribution >= 0.6 is 0 Å². The van der Waals surface area contributed by atoms with Crippen molar-refractivity contribution in [1.82, 2.24) is 9.88 Å². The van der Waals surface area contributed by atoms with Crippen LogP contribution in [0.2, 0.25) is 0 Å². The van der Waals surface area contributed by atoms with Crippen molar-refractivity contribution >= 4 is 23.1 Å². The van der Waals surface area contributed by atoms with E-state index in [9.17, 15) is 9.90 Å². The van der Waals surface area contributed by atoms with Crippen LogP contribution in [0.4, 0.5) is 4.79 Å². The van der Waals surface area contributed by atoms with Crippen molar-refractivity contribution in [3.8, 4) is 0 Å². The van der Waals surface area contributed by atoms with E-state index in [1.165, 1.54) is 11.1 Å². The van der Waals surface area contributed by atoms with E-state index in [-0.39, 0.29) is 18.7 Å². The number of aryl methyl sites for hydroxylation is 1. The van der Waals surface area contributed by atoms with E-state index in [4.69, 9.17) is 4.74 Å². The average Bonchev–Trinajstić information content (AvgIpc) is 3.13. The first-order chi connectivity index (χ1) is 14.7. The molecule has 5 heteroatoms. The fraction of sp³-hybridized carbons (Fsp3) is 0.346. The SMILES string of the molecule is Cc1cc2c(cc1CO)C(/C=C/c1ccc3c(ccn3C(=O)OC(C)(C)C)c1)NCC2. The van der Waals surface area contributed by atoms with Crippen LogP contribution in [0.25, 0.3) is 17.0 Å². The van der Waals surface area contributed by atoms with Crippen molar-refractivity contribution in [1.29, 1.82) is 0 Å². The molecule has 1 aliphatic rings. The molecule has 0 bridgehead atoms. The summed E-state index contributed by atoms with van der Waals surface area (Å²) in [5.74, 6) is 0. The Morgan fingerprint density at radius 3 is 2.81 bits per heavy atom. The van der Waals surface area contributed by atoms with Crippen LogP contribution in [0.1, 0.15) is 54.6 Å². The van der Waals surface area contributed by atoms with Gasteiger partial charge in [0.15, 0.2) is 0 Å². The molecule has 1 atom stereocenters. The molecule has 2 N–H and O–H groups in total. The van der Waals surface area contributed by atoms with Gasteiger partial charge in [-0.25, -0.2) is 4.79 Å². The molecule has 2 aromatic carbocycles. The summed E-state index contributed by atoms with van der Waals surface area (Å²) in [6, 6.07) is 12.4. The second kappa shape index (κ2) is 8.33. The predicted molar refractivity (Wildman–Crippen MR) is 124 cm³/mol. The predicted octanol–water partition coefficient (Wildman–Crippen LogP) is 5.13. The highest BCUT2D eigenvalue weighted by Gasteiger charge is 2.20. The highest BCUT2D eigenvalue weighted by atomic mass is 16.6. The molecule has 2 heterocycles. The zero-order valence-electron chi connectivity index (χ0n) is 18.6. The lowest BCUT2D eigenvalue weighted by Gasteiger charge is -2.26. The number of ether oxygens (including phenoxy) is 1. The van der Waals surface area contributed by atoms with Crippen LogP contribution < -0.4 is 5.32 Å². The van der Waals surface area contributed by atoms with Gasteiger partial charge in [-0.05, 0) is 80.1 Å². The van der Waals surface area contributed by atoms with Crippen molar-refractivity contribution in [2.75, 3.05) is 6.54 Å². The van der Waals surface area contributed by atoms with Crippen LogP contribution in [0.5, 0.6) is 0 Å². The lowest BCUT2D eigenvalue weighted by molar-refractivity contribution is 0.0544. The van der Waals surface area contributed by atoms with Crippen molar-refractivity contribution in [2.45, 2.75) is 52.4 Å². The van der Waals surface area contributed by atoms with E-state index in [1.807, 2.05) is 39.0 Å². The Balaban J connectivity index is 1.58. The second-order valence-corrected chi connectivity index (χ2v) is 9.16. The van der Waals surface area contributed by atoms with Crippen LogP contribution in [0.15, 0.2) is 48.7 Å². The number of rotatable bonds is 3. The molecular weight excluding hydrogens is 388 g/mol. The molecule has 5 nitrogen and oxygen atoms in total. The Morgan fingerprint density at radius 2 is 2.06 bits per heavy atom. The van der Waals surface area contributed by atoms with Crippen LogP contribution in [0, 0.1) is 6.92 Å². The number of aliphatic hydroxyl groups is 1. The molecule has 0 amide bonds. The normalized spacial score (nSPS) is 16.6. The summed E-state index contributed by atoms with van der Waals surface area (Å²) in [4.78, 5) is 12.4. The summed E-state index contributed by atoms with van der Waals surface area (Å²) >= 11 is 0. The Labute approximate surface area is 183 Å². The molecule has 3 aromatic rings. The average molecular weight is 419 g/mol. The quantitative estimate of drug-likeness (QED) is 0.619. The van der Waals surface area contributed by atoms with Gasteiger partial charge in [0.2, 0.25) is 0 Å². The molecule has 0 spiro atoms. The summed E-state index contributed by atoms with van der Waals surface area (Å²) in [5, 5.41) is 14.2. The van der Waals surface area contributed by atoms with Gasteiger partial charge in [-0.3, -0.25) is 4.57 Å². The largest absolute Gasteiger partial charge is 0.443 e. The van der Waals surface area contributed by atoms with Gasteiger partial charge in [-0.1, -0.05) is 30.4 Å². The van der Waals surface area contributed by atoms with Crippen LogP contribution in [-0.4, -0.2) is 27.9 Å². The number of hydrogen-bond acceptors (Lipinski definition) is 4. The van der Waals surface area contributed by atoms with Gasteiger partial charge in [-0.15, -0.1) is 0 Å². The van der Waals surface area contributed by atoms with Gasteiger partial charge in [-0.2, -0.15) is 0 Å². The number of nitrogens with one attached hydrogen (secondary N) is 1. The Kier molecular flexibility index (Phi) is 5.73. The van der Waals surface area contributed by atoms with E-state index < -0.39 is 5.60 Å². The maximum absolute atomic E-state index is 12.4. The topological polar surface area (TPSA) is 63.5 Å². The third-order valence-corrected chi connectivity index (χ3v) is 5.65. The minimum atomic E-state index is -0.534. The van der Waals surface area contributed by atoms with Gasteiger partial charge in [0.05, 0.1) is 18.2 Å². The molecule has 31 heavy (non-hydrogen) atoms. The van der Waals surface area contributed by atoms with E-state index in [2.05, 4.69) is 42.6 Å². The Bertz CT molecular complexity index is 1150. The minimum Gasteiger partial charge on any atom is -0.443 e. The molecule has 0 saturated heterocycles. The third kappa shape index (κ3) is 4.58. The van der Waals surface area contributed by atoms with Crippen molar-refractivity contribution in [3.05, 3.63) is 76.5 Å². The minimum absolute atomic E-state index is 0.0564. The van der Waals surface area contributed by atoms with E-state index in [1.54, 1.807) is 10.8 Å². The standard InChI is InChI=1S/C26H30N2O3/c1-17-13-19-9-11-27-23(22(19)15-21(17)16-29)7-5-18-6-8-24-20(14-18)10-12-28(24)25(30)31-26(2,3)4/h5-8,10,12-15,23,27,29H,9,11,16H2,1-4H3/b7-5+. The van der Waals surface area contributed by atoms with E-state index in [0.717, 1.165) is 40.6 Å². The molecule has 0 aliphatic carbocycles. The molecule has 0 radical (unpaired) electrons. The Morgan fingerprint density at radius 1 is 1.26 bits per heavy atom. The van der Waals surface area contributed by atoms with E-state index >= 15 is 0 Å². The number of carbonyl (C=O) groups is 1. The van der Waals surface area contributed by atoms with E-state index in [0.29, 0.717) is 0 Å². The van der Waals surface area contributed by atoms with Crippen LogP contribution in [0.3, 0.4) is 0 Å². The lowest BCUT2D eigenvalue weighted by Crippen LogP contribution is -2.28. The van der Waals surface area contributed by atoms with Gasteiger partial charge in [0.25, 0.3) is 0 Å². The van der Waals surface area contributed by atoms with Crippen molar-refractivity contribution in [3.63, 3.8) is 0 Å². The van der Waals surface area contributed by atoms with Crippen molar-refractivity contribution < 1.29 is 14.6 Å². The first-order valence-electron chi connectivity index (χ1n) is 10.7. The fourth-order valence-corrected chi connectivity index (χ4v) is 4.09. The number of carbonyl (C=O) groups excluding carboxylic acids is 1. The summed E-state index contributed by atoms with van der Waals surface area (Å²) in [6.45, 7) is 8.63. The molecule has 162 valence electrons.